The van der Waals surface area contributed by atoms with Crippen LogP contribution in [-0.2, 0) is 0 Å². The molecule has 0 spiro atoms. The molecule has 1 saturated heterocycles. The Morgan fingerprint density at radius 1 is 1.26 bits per heavy atom. The fourth-order valence-corrected chi connectivity index (χ4v) is 3.72. The highest BCUT2D eigenvalue weighted by Crippen LogP contribution is 2.38. The predicted octanol–water partition coefficient (Wildman–Crippen LogP) is 2.94. The lowest BCUT2D eigenvalue weighted by Gasteiger charge is -2.45. The molecule has 0 amide bonds. The van der Waals surface area contributed by atoms with Crippen LogP contribution in [0, 0.1) is 5.92 Å². The fourth-order valence-electron chi connectivity index (χ4n) is 3.72. The molecule has 0 bridgehead atoms. The van der Waals surface area contributed by atoms with Gasteiger partial charge in [0.25, 0.3) is 0 Å². The first kappa shape index (κ1) is 12.5. The van der Waals surface area contributed by atoms with E-state index in [0.717, 1.165) is 24.6 Å². The van der Waals surface area contributed by atoms with Crippen LogP contribution < -0.4 is 4.90 Å². The fraction of sp³-hybridized carbons (Fsp3) is 0.600. The van der Waals surface area contributed by atoms with Crippen LogP contribution in [0.25, 0.3) is 0 Å². The van der Waals surface area contributed by atoms with E-state index in [1.807, 2.05) is 0 Å². The van der Waals surface area contributed by atoms with Crippen LogP contribution in [0.1, 0.15) is 48.9 Å². The van der Waals surface area contributed by atoms with Gasteiger partial charge in [-0.2, -0.15) is 0 Å². The Morgan fingerprint density at radius 2 is 2.05 bits per heavy atom. The van der Waals surface area contributed by atoms with Gasteiger partial charge in [0.1, 0.15) is 0 Å². The molecule has 2 aliphatic rings. The number of aromatic nitrogens is 1. The maximum absolute atomic E-state index is 11.4. The van der Waals surface area contributed by atoms with E-state index >= 15 is 0 Å². The summed E-state index contributed by atoms with van der Waals surface area (Å²) in [6.07, 6.45) is 10.8. The molecule has 4 heteroatoms. The van der Waals surface area contributed by atoms with Gasteiger partial charge in [-0.25, -0.2) is 4.79 Å². The number of carbonyl (C=O) groups is 1. The second-order valence-corrected chi connectivity index (χ2v) is 5.65. The molecule has 0 radical (unpaired) electrons. The highest BCUT2D eigenvalue weighted by atomic mass is 16.4. The van der Waals surface area contributed by atoms with E-state index in [9.17, 15) is 9.90 Å². The lowest BCUT2D eigenvalue weighted by molar-refractivity contribution is 0.0697. The van der Waals surface area contributed by atoms with Gasteiger partial charge < -0.3 is 10.0 Å². The van der Waals surface area contributed by atoms with Gasteiger partial charge in [-0.15, -0.1) is 0 Å². The number of hydrogen-bond donors (Lipinski definition) is 1. The molecule has 2 fully saturated rings. The van der Waals surface area contributed by atoms with Crippen LogP contribution in [-0.4, -0.2) is 28.6 Å². The van der Waals surface area contributed by atoms with Gasteiger partial charge in [0.05, 0.1) is 17.4 Å². The first-order valence-electron chi connectivity index (χ1n) is 7.21. The SMILES string of the molecule is O=C(O)c1ccncc1N1CCC[C@H]2CCCC[C@H]21. The molecule has 1 aliphatic carbocycles. The summed E-state index contributed by atoms with van der Waals surface area (Å²) in [7, 11) is 0. The van der Waals surface area contributed by atoms with E-state index in [-0.39, 0.29) is 0 Å². The summed E-state index contributed by atoms with van der Waals surface area (Å²) in [4.78, 5) is 17.8. The summed E-state index contributed by atoms with van der Waals surface area (Å²) in [5, 5.41) is 9.34. The molecule has 3 rings (SSSR count). The van der Waals surface area contributed by atoms with Crippen molar-refractivity contribution in [2.24, 2.45) is 5.92 Å². The number of fused-ring (bicyclic) bond motifs is 1. The number of pyridine rings is 1. The number of carboxylic acids is 1. The first-order chi connectivity index (χ1) is 9.27. The van der Waals surface area contributed by atoms with Gasteiger partial charge in [-0.05, 0) is 37.7 Å². The Labute approximate surface area is 113 Å². The van der Waals surface area contributed by atoms with Crippen LogP contribution in [0.2, 0.25) is 0 Å². The molecule has 0 aromatic carbocycles. The van der Waals surface area contributed by atoms with Gasteiger partial charge in [-0.1, -0.05) is 12.8 Å². The summed E-state index contributed by atoms with van der Waals surface area (Å²) in [6.45, 7) is 0.965. The summed E-state index contributed by atoms with van der Waals surface area (Å²) < 4.78 is 0. The third-order valence-electron chi connectivity index (χ3n) is 4.58. The molecule has 1 saturated carbocycles. The van der Waals surface area contributed by atoms with Crippen molar-refractivity contribution in [2.75, 3.05) is 11.4 Å². The number of anilines is 1. The maximum Gasteiger partial charge on any atom is 0.337 e. The Hall–Kier alpha value is -1.58. The molecule has 0 unspecified atom stereocenters. The molecular weight excluding hydrogens is 240 g/mol. The highest BCUT2D eigenvalue weighted by molar-refractivity contribution is 5.94. The van der Waals surface area contributed by atoms with Crippen molar-refractivity contribution in [3.63, 3.8) is 0 Å². The number of nitrogens with zero attached hydrogens (tertiary/aromatic N) is 2. The van der Waals surface area contributed by atoms with Crippen molar-refractivity contribution in [3.8, 4) is 0 Å². The van der Waals surface area contributed by atoms with Gasteiger partial charge >= 0.3 is 5.97 Å². The van der Waals surface area contributed by atoms with Gasteiger partial charge in [0.15, 0.2) is 0 Å². The van der Waals surface area contributed by atoms with Crippen LogP contribution >= 0.6 is 0 Å². The minimum Gasteiger partial charge on any atom is -0.478 e. The molecule has 102 valence electrons. The Morgan fingerprint density at radius 3 is 2.89 bits per heavy atom. The maximum atomic E-state index is 11.4. The van der Waals surface area contributed by atoms with Crippen molar-refractivity contribution >= 4 is 11.7 Å². The van der Waals surface area contributed by atoms with E-state index in [1.165, 1.54) is 32.1 Å². The average molecular weight is 260 g/mol. The summed E-state index contributed by atoms with van der Waals surface area (Å²) in [5.74, 6) is -0.111. The van der Waals surface area contributed by atoms with Gasteiger partial charge in [0.2, 0.25) is 0 Å². The van der Waals surface area contributed by atoms with Crippen molar-refractivity contribution in [2.45, 2.75) is 44.6 Å². The van der Waals surface area contributed by atoms with E-state index in [1.54, 1.807) is 18.5 Å². The third kappa shape index (κ3) is 2.31. The van der Waals surface area contributed by atoms with Gasteiger partial charge in [0, 0.05) is 18.8 Å². The molecule has 1 aromatic heterocycles. The number of hydrogen-bond acceptors (Lipinski definition) is 3. The molecule has 1 aromatic rings. The molecule has 2 atom stereocenters. The number of aromatic carboxylic acids is 1. The second-order valence-electron chi connectivity index (χ2n) is 5.65. The normalized spacial score (nSPS) is 26.8. The third-order valence-corrected chi connectivity index (χ3v) is 4.58. The van der Waals surface area contributed by atoms with Crippen molar-refractivity contribution in [1.82, 2.24) is 4.98 Å². The average Bonchev–Trinajstić information content (AvgIpc) is 2.46. The number of piperidine rings is 1. The van der Waals surface area contributed by atoms with Crippen molar-refractivity contribution in [3.05, 3.63) is 24.0 Å². The van der Waals surface area contributed by atoms with Crippen molar-refractivity contribution < 1.29 is 9.90 Å². The zero-order valence-electron chi connectivity index (χ0n) is 11.1. The second kappa shape index (κ2) is 5.19. The lowest BCUT2D eigenvalue weighted by Crippen LogP contribution is -2.47. The Balaban J connectivity index is 1.94. The first-order valence-corrected chi connectivity index (χ1v) is 7.21. The highest BCUT2D eigenvalue weighted by Gasteiger charge is 2.34. The topological polar surface area (TPSA) is 53.4 Å². The molecular formula is C15H20N2O2. The van der Waals surface area contributed by atoms with Crippen LogP contribution in [0.3, 0.4) is 0 Å². The standard InChI is InChI=1S/C15H20N2O2/c18-15(19)12-7-8-16-10-14(12)17-9-3-5-11-4-1-2-6-13(11)17/h7-8,10-11,13H,1-6,9H2,(H,18,19)/t11-,13-/m1/s1. The van der Waals surface area contributed by atoms with Crippen LogP contribution in [0.4, 0.5) is 5.69 Å². The summed E-state index contributed by atoms with van der Waals surface area (Å²) >= 11 is 0. The monoisotopic (exact) mass is 260 g/mol. The number of rotatable bonds is 2. The smallest absolute Gasteiger partial charge is 0.337 e. The molecule has 1 aliphatic heterocycles. The summed E-state index contributed by atoms with van der Waals surface area (Å²) in [5.41, 5.74) is 1.20. The van der Waals surface area contributed by atoms with E-state index in [2.05, 4.69) is 9.88 Å². The quantitative estimate of drug-likeness (QED) is 0.888. The summed E-state index contributed by atoms with van der Waals surface area (Å²) in [6, 6.07) is 2.13. The Bertz CT molecular complexity index is 473. The van der Waals surface area contributed by atoms with E-state index < -0.39 is 5.97 Å². The minimum absolute atomic E-state index is 0.390. The molecule has 4 nitrogen and oxygen atoms in total. The van der Waals surface area contributed by atoms with Crippen LogP contribution in [0.5, 0.6) is 0 Å². The lowest BCUT2D eigenvalue weighted by atomic mass is 9.78. The minimum atomic E-state index is -0.852. The zero-order valence-corrected chi connectivity index (χ0v) is 11.1. The molecule has 2 heterocycles. The Kier molecular flexibility index (Phi) is 3.40. The molecule has 19 heavy (non-hydrogen) atoms. The van der Waals surface area contributed by atoms with Crippen LogP contribution in [0.15, 0.2) is 18.5 Å². The van der Waals surface area contributed by atoms with E-state index in [0.29, 0.717) is 11.6 Å². The van der Waals surface area contributed by atoms with Gasteiger partial charge in [-0.3, -0.25) is 4.98 Å². The zero-order chi connectivity index (χ0) is 13.2. The van der Waals surface area contributed by atoms with Crippen molar-refractivity contribution in [1.29, 1.82) is 0 Å². The largest absolute Gasteiger partial charge is 0.478 e. The van der Waals surface area contributed by atoms with E-state index in [4.69, 9.17) is 0 Å². The molecule has 1 N–H and O–H groups in total. The number of carboxylic acid groups (broad SMARTS) is 1. The predicted molar refractivity (Wildman–Crippen MR) is 73.5 cm³/mol.